The lowest BCUT2D eigenvalue weighted by Gasteiger charge is -2.11. The standard InChI is InChI=1S/C17H8F6N8O/c18-16(19,20)11-1-8(2-12(29-11)17(21,22)23)15-28-7-31(30-15)6-10(14(25)32)9-4-26-13(3-24)27-5-9/h1-2,4-7H,(H2,25,32)/b10-6+. The zero-order valence-electron chi connectivity index (χ0n) is 15.3. The highest BCUT2D eigenvalue weighted by molar-refractivity contribution is 6.22. The smallest absolute Gasteiger partial charge is 0.366 e. The fraction of sp³-hybridized carbons (Fsp3) is 0.118. The van der Waals surface area contributed by atoms with Gasteiger partial charge in [-0.15, -0.1) is 5.10 Å². The molecular formula is C17H8F6N8O. The van der Waals surface area contributed by atoms with Crippen molar-refractivity contribution < 1.29 is 31.1 Å². The molecule has 3 heterocycles. The highest BCUT2D eigenvalue weighted by atomic mass is 19.4. The van der Waals surface area contributed by atoms with Crippen LogP contribution in [0.15, 0.2) is 30.9 Å². The second kappa shape index (κ2) is 8.06. The maximum absolute atomic E-state index is 13.0. The van der Waals surface area contributed by atoms with Crippen LogP contribution < -0.4 is 5.73 Å². The first kappa shape index (κ1) is 22.3. The average molecular weight is 454 g/mol. The summed E-state index contributed by atoms with van der Waals surface area (Å²) in [5.74, 6) is -1.66. The Balaban J connectivity index is 2.05. The van der Waals surface area contributed by atoms with Crippen molar-refractivity contribution in [1.82, 2.24) is 29.7 Å². The Morgan fingerprint density at radius 3 is 2.06 bits per heavy atom. The first-order valence-corrected chi connectivity index (χ1v) is 8.20. The quantitative estimate of drug-likeness (QED) is 0.473. The lowest BCUT2D eigenvalue weighted by molar-refractivity contribution is -0.150. The molecular weight excluding hydrogens is 446 g/mol. The molecule has 3 aromatic rings. The number of nitrogens with two attached hydrogens (primary N) is 1. The molecule has 0 aliphatic rings. The van der Waals surface area contributed by atoms with Gasteiger partial charge in [-0.2, -0.15) is 31.6 Å². The molecule has 3 aromatic heterocycles. The Kier molecular flexibility index (Phi) is 5.62. The zero-order valence-corrected chi connectivity index (χ0v) is 15.3. The van der Waals surface area contributed by atoms with Gasteiger partial charge < -0.3 is 5.73 Å². The van der Waals surface area contributed by atoms with Crippen LogP contribution in [0.5, 0.6) is 0 Å². The lowest BCUT2D eigenvalue weighted by atomic mass is 10.1. The summed E-state index contributed by atoms with van der Waals surface area (Å²) >= 11 is 0. The van der Waals surface area contributed by atoms with E-state index < -0.39 is 41.0 Å². The van der Waals surface area contributed by atoms with Crippen molar-refractivity contribution in [3.8, 4) is 17.5 Å². The third kappa shape index (κ3) is 4.86. The minimum absolute atomic E-state index is 0.0798. The maximum atomic E-state index is 13.0. The average Bonchev–Trinajstić information content (AvgIpc) is 3.19. The molecule has 164 valence electrons. The van der Waals surface area contributed by atoms with E-state index in [4.69, 9.17) is 11.0 Å². The van der Waals surface area contributed by atoms with Gasteiger partial charge in [0.15, 0.2) is 5.82 Å². The van der Waals surface area contributed by atoms with Crippen molar-refractivity contribution in [2.75, 3.05) is 0 Å². The van der Waals surface area contributed by atoms with Crippen molar-refractivity contribution in [1.29, 1.82) is 5.26 Å². The first-order chi connectivity index (χ1) is 14.9. The number of halogens is 6. The van der Waals surface area contributed by atoms with Gasteiger partial charge in [-0.25, -0.2) is 24.6 Å². The van der Waals surface area contributed by atoms with Gasteiger partial charge in [-0.3, -0.25) is 4.79 Å². The number of carbonyl (C=O) groups is 1. The summed E-state index contributed by atoms with van der Waals surface area (Å²) in [7, 11) is 0. The second-order valence-corrected chi connectivity index (χ2v) is 5.98. The Labute approximate surface area is 173 Å². The van der Waals surface area contributed by atoms with Crippen molar-refractivity contribution in [2.45, 2.75) is 12.4 Å². The van der Waals surface area contributed by atoms with Crippen LogP contribution >= 0.6 is 0 Å². The predicted molar refractivity (Wildman–Crippen MR) is 93.4 cm³/mol. The number of amides is 1. The van der Waals surface area contributed by atoms with Gasteiger partial charge in [0.1, 0.15) is 23.8 Å². The fourth-order valence-corrected chi connectivity index (χ4v) is 2.36. The molecule has 0 saturated carbocycles. The van der Waals surface area contributed by atoms with Gasteiger partial charge >= 0.3 is 12.4 Å². The molecule has 2 N–H and O–H groups in total. The monoisotopic (exact) mass is 454 g/mol. The normalized spacial score (nSPS) is 12.5. The predicted octanol–water partition coefficient (Wildman–Crippen LogP) is 2.52. The lowest BCUT2D eigenvalue weighted by Crippen LogP contribution is -2.15. The fourth-order valence-electron chi connectivity index (χ4n) is 2.36. The number of carbonyl (C=O) groups excluding carboxylic acids is 1. The van der Waals surface area contributed by atoms with Crippen molar-refractivity contribution in [3.05, 3.63) is 53.6 Å². The number of primary amides is 1. The molecule has 0 bridgehead atoms. The summed E-state index contributed by atoms with van der Waals surface area (Å²) in [6.45, 7) is 0. The number of aromatic nitrogens is 6. The Morgan fingerprint density at radius 1 is 1.03 bits per heavy atom. The van der Waals surface area contributed by atoms with E-state index in [0.29, 0.717) is 12.1 Å². The highest BCUT2D eigenvalue weighted by Gasteiger charge is 2.39. The summed E-state index contributed by atoms with van der Waals surface area (Å²) in [6.07, 6.45) is -6.10. The molecule has 0 unspecified atom stereocenters. The molecule has 0 aliphatic carbocycles. The zero-order chi connectivity index (χ0) is 23.7. The molecule has 3 rings (SSSR count). The van der Waals surface area contributed by atoms with Gasteiger partial charge in [-0.1, -0.05) is 0 Å². The minimum Gasteiger partial charge on any atom is -0.366 e. The summed E-state index contributed by atoms with van der Waals surface area (Å²) in [6, 6.07) is 2.40. The topological polar surface area (TPSA) is 136 Å². The molecule has 0 saturated heterocycles. The number of nitriles is 1. The molecule has 32 heavy (non-hydrogen) atoms. The Morgan fingerprint density at radius 2 is 1.59 bits per heavy atom. The van der Waals surface area contributed by atoms with E-state index in [1.165, 1.54) is 0 Å². The van der Waals surface area contributed by atoms with Crippen LogP contribution in [0.1, 0.15) is 22.8 Å². The number of pyridine rings is 1. The summed E-state index contributed by atoms with van der Waals surface area (Å²) in [4.78, 5) is 25.4. The van der Waals surface area contributed by atoms with Gasteiger partial charge in [-0.05, 0) is 12.1 Å². The summed E-state index contributed by atoms with van der Waals surface area (Å²) in [5, 5.41) is 12.5. The highest BCUT2D eigenvalue weighted by Crippen LogP contribution is 2.35. The Bertz CT molecular complexity index is 1210. The van der Waals surface area contributed by atoms with E-state index in [9.17, 15) is 31.1 Å². The van der Waals surface area contributed by atoms with Crippen molar-refractivity contribution in [2.24, 2.45) is 5.73 Å². The molecule has 1 amide bonds. The largest absolute Gasteiger partial charge is 0.433 e. The van der Waals surface area contributed by atoms with E-state index >= 15 is 0 Å². The molecule has 0 fully saturated rings. The van der Waals surface area contributed by atoms with Crippen LogP contribution in [-0.4, -0.2) is 35.6 Å². The third-order valence-electron chi connectivity index (χ3n) is 3.76. The number of alkyl halides is 6. The van der Waals surface area contributed by atoms with Crippen LogP contribution in [-0.2, 0) is 17.1 Å². The first-order valence-electron chi connectivity index (χ1n) is 8.20. The van der Waals surface area contributed by atoms with E-state index in [1.54, 1.807) is 6.07 Å². The SMILES string of the molecule is N#Cc1ncc(/C(=C\n2cnc(-c3cc(C(F)(F)F)nc(C(F)(F)F)c3)n2)C(N)=O)cn1. The molecule has 0 aromatic carbocycles. The number of hydrogen-bond donors (Lipinski definition) is 1. The second-order valence-electron chi connectivity index (χ2n) is 5.98. The number of rotatable bonds is 4. The van der Waals surface area contributed by atoms with E-state index in [0.717, 1.165) is 29.6 Å². The number of hydrogen-bond acceptors (Lipinski definition) is 7. The van der Waals surface area contributed by atoms with E-state index in [2.05, 4.69) is 25.0 Å². The van der Waals surface area contributed by atoms with Gasteiger partial charge in [0.25, 0.3) is 5.91 Å². The van der Waals surface area contributed by atoms with Crippen LogP contribution in [0.4, 0.5) is 26.3 Å². The molecule has 15 heteroatoms. The van der Waals surface area contributed by atoms with Crippen LogP contribution in [0, 0.1) is 11.3 Å². The summed E-state index contributed by atoms with van der Waals surface area (Å²) in [5.41, 5.74) is 1.00. The van der Waals surface area contributed by atoms with Gasteiger partial charge in [0.2, 0.25) is 5.82 Å². The van der Waals surface area contributed by atoms with Gasteiger partial charge in [0.05, 0.1) is 5.57 Å². The maximum Gasteiger partial charge on any atom is 0.433 e. The molecule has 0 spiro atoms. The minimum atomic E-state index is -5.15. The van der Waals surface area contributed by atoms with E-state index in [1.807, 2.05) is 0 Å². The molecule has 0 aliphatic heterocycles. The molecule has 0 radical (unpaired) electrons. The Hall–Kier alpha value is -4.35. The molecule has 0 atom stereocenters. The van der Waals surface area contributed by atoms with Crippen molar-refractivity contribution >= 4 is 17.7 Å². The molecule has 9 nitrogen and oxygen atoms in total. The van der Waals surface area contributed by atoms with E-state index in [-0.39, 0.29) is 17.0 Å². The van der Waals surface area contributed by atoms with Crippen LogP contribution in [0.3, 0.4) is 0 Å². The van der Waals surface area contributed by atoms with Crippen molar-refractivity contribution in [3.63, 3.8) is 0 Å². The summed E-state index contributed by atoms with van der Waals surface area (Å²) < 4.78 is 78.8. The van der Waals surface area contributed by atoms with Gasteiger partial charge in [0, 0.05) is 29.7 Å². The van der Waals surface area contributed by atoms with Crippen LogP contribution in [0.2, 0.25) is 0 Å². The number of nitrogens with zero attached hydrogens (tertiary/aromatic N) is 7. The van der Waals surface area contributed by atoms with Crippen LogP contribution in [0.25, 0.3) is 23.2 Å². The third-order valence-corrected chi connectivity index (χ3v) is 3.76.